The maximum atomic E-state index is 12.0. The number of rotatable bonds is 7. The molecule has 90 valence electrons. The molecule has 0 heterocycles. The Kier molecular flexibility index (Phi) is 4.07. The van der Waals surface area contributed by atoms with Gasteiger partial charge in [-0.05, 0) is 12.8 Å². The van der Waals surface area contributed by atoms with Crippen LogP contribution in [0.1, 0.15) is 12.8 Å². The number of sulfonamides is 1. The van der Waals surface area contributed by atoms with Crippen molar-refractivity contribution in [1.82, 2.24) is 4.31 Å². The molecule has 1 fully saturated rings. The summed E-state index contributed by atoms with van der Waals surface area (Å²) in [5, 5.41) is 9.09. The molecule has 1 aliphatic carbocycles. The Bertz CT molecular complexity index is 292. The van der Waals surface area contributed by atoms with Crippen LogP contribution < -0.4 is 0 Å². The molecule has 0 aliphatic heterocycles. The van der Waals surface area contributed by atoms with Gasteiger partial charge in [0.1, 0.15) is 18.2 Å². The topological polar surface area (TPSA) is 76.1 Å². The van der Waals surface area contributed by atoms with Gasteiger partial charge in [-0.15, -0.1) is 0 Å². The first kappa shape index (κ1) is 12.9. The molecule has 0 aromatic carbocycles. The number of nitrogens with zero attached hydrogens (tertiary/aromatic N) is 1. The summed E-state index contributed by atoms with van der Waals surface area (Å²) >= 11 is 0. The van der Waals surface area contributed by atoms with Crippen LogP contribution in [0.2, 0.25) is 0 Å². The van der Waals surface area contributed by atoms with Crippen LogP contribution in [0.4, 0.5) is 0 Å². The molecule has 0 amide bonds. The third-order valence-corrected chi connectivity index (χ3v) is 5.05. The van der Waals surface area contributed by atoms with Crippen molar-refractivity contribution in [2.75, 3.05) is 34.3 Å². The quantitative estimate of drug-likeness (QED) is 0.597. The fourth-order valence-corrected chi connectivity index (χ4v) is 3.19. The Morgan fingerprint density at radius 2 is 1.73 bits per heavy atom. The molecule has 1 aliphatic rings. The smallest absolute Gasteiger partial charge is 0.226 e. The SMILES string of the molecule is COCN(COC)S(=O)(=O)C1(CO)CC1. The van der Waals surface area contributed by atoms with E-state index < -0.39 is 14.8 Å². The number of ether oxygens (including phenoxy) is 2. The van der Waals surface area contributed by atoms with Crippen molar-refractivity contribution < 1.29 is 23.0 Å². The monoisotopic (exact) mass is 239 g/mol. The number of methoxy groups -OCH3 is 2. The molecule has 1 N–H and O–H groups in total. The standard InChI is InChI=1S/C8H17NO5S/c1-13-6-9(7-14-2)15(11,12)8(5-10)3-4-8/h10H,3-7H2,1-2H3. The Balaban J connectivity index is 2.81. The summed E-state index contributed by atoms with van der Waals surface area (Å²) in [7, 11) is -0.704. The van der Waals surface area contributed by atoms with Crippen molar-refractivity contribution in [3.63, 3.8) is 0 Å². The van der Waals surface area contributed by atoms with Crippen LogP contribution >= 0.6 is 0 Å². The first-order valence-electron chi connectivity index (χ1n) is 4.62. The van der Waals surface area contributed by atoms with E-state index >= 15 is 0 Å². The molecule has 1 rings (SSSR count). The second-order valence-corrected chi connectivity index (χ2v) is 5.97. The second kappa shape index (κ2) is 4.75. The van der Waals surface area contributed by atoms with Gasteiger partial charge in [0.25, 0.3) is 0 Å². The summed E-state index contributed by atoms with van der Waals surface area (Å²) in [6.07, 6.45) is 0.992. The average molecular weight is 239 g/mol. The summed E-state index contributed by atoms with van der Waals surface area (Å²) in [5.74, 6) is 0. The molecule has 0 radical (unpaired) electrons. The third-order valence-electron chi connectivity index (χ3n) is 2.53. The molecule has 0 spiro atoms. The predicted octanol–water partition coefficient (Wildman–Crippen LogP) is -0.649. The molecular formula is C8H17NO5S. The zero-order chi connectivity index (χ0) is 11.5. The van der Waals surface area contributed by atoms with E-state index in [1.807, 2.05) is 0 Å². The zero-order valence-corrected chi connectivity index (χ0v) is 9.79. The van der Waals surface area contributed by atoms with Crippen molar-refractivity contribution in [2.24, 2.45) is 0 Å². The van der Waals surface area contributed by atoms with Gasteiger partial charge in [-0.1, -0.05) is 0 Å². The van der Waals surface area contributed by atoms with Crippen molar-refractivity contribution >= 4 is 10.0 Å². The van der Waals surface area contributed by atoms with E-state index in [-0.39, 0.29) is 20.1 Å². The van der Waals surface area contributed by atoms with Crippen LogP contribution in [0.3, 0.4) is 0 Å². The molecule has 7 heteroatoms. The minimum atomic E-state index is -3.53. The van der Waals surface area contributed by atoms with E-state index in [9.17, 15) is 8.42 Å². The van der Waals surface area contributed by atoms with Crippen molar-refractivity contribution in [2.45, 2.75) is 17.6 Å². The lowest BCUT2D eigenvalue weighted by Crippen LogP contribution is -2.43. The second-order valence-electron chi connectivity index (χ2n) is 3.63. The summed E-state index contributed by atoms with van der Waals surface area (Å²) in [6, 6.07) is 0. The van der Waals surface area contributed by atoms with Crippen LogP contribution in [0.15, 0.2) is 0 Å². The molecule has 0 atom stereocenters. The lowest BCUT2D eigenvalue weighted by atomic mass is 10.5. The minimum Gasteiger partial charge on any atom is -0.395 e. The largest absolute Gasteiger partial charge is 0.395 e. The van der Waals surface area contributed by atoms with Crippen molar-refractivity contribution in [3.8, 4) is 0 Å². The van der Waals surface area contributed by atoms with Crippen LogP contribution in [0, 0.1) is 0 Å². The third kappa shape index (κ3) is 2.31. The average Bonchev–Trinajstić information content (AvgIpc) is 2.98. The first-order chi connectivity index (χ1) is 7.04. The van der Waals surface area contributed by atoms with Gasteiger partial charge in [0.15, 0.2) is 0 Å². The number of aliphatic hydroxyl groups excluding tert-OH is 1. The van der Waals surface area contributed by atoms with E-state index in [0.717, 1.165) is 4.31 Å². The van der Waals surface area contributed by atoms with Gasteiger partial charge < -0.3 is 14.6 Å². The zero-order valence-electron chi connectivity index (χ0n) is 8.97. The molecule has 0 aromatic heterocycles. The molecule has 1 saturated carbocycles. The van der Waals surface area contributed by atoms with E-state index in [4.69, 9.17) is 14.6 Å². The fraction of sp³-hybridized carbons (Fsp3) is 1.00. The molecule has 0 saturated heterocycles. The van der Waals surface area contributed by atoms with E-state index in [0.29, 0.717) is 12.8 Å². The van der Waals surface area contributed by atoms with Gasteiger partial charge in [-0.25, -0.2) is 8.42 Å². The molecule has 0 bridgehead atoms. The molecular weight excluding hydrogens is 222 g/mol. The highest BCUT2D eigenvalue weighted by molar-refractivity contribution is 7.90. The summed E-state index contributed by atoms with van der Waals surface area (Å²) in [6.45, 7) is -0.463. The molecule has 0 aromatic rings. The van der Waals surface area contributed by atoms with Crippen molar-refractivity contribution in [3.05, 3.63) is 0 Å². The molecule has 6 nitrogen and oxygen atoms in total. The Morgan fingerprint density at radius 3 is 2.00 bits per heavy atom. The molecule has 15 heavy (non-hydrogen) atoms. The lowest BCUT2D eigenvalue weighted by Gasteiger charge is -2.24. The fourth-order valence-electron chi connectivity index (χ4n) is 1.37. The molecule has 0 unspecified atom stereocenters. The summed E-state index contributed by atoms with van der Waals surface area (Å²) in [4.78, 5) is 0. The van der Waals surface area contributed by atoms with Crippen LogP contribution in [0.5, 0.6) is 0 Å². The highest BCUT2D eigenvalue weighted by Crippen LogP contribution is 2.44. The lowest BCUT2D eigenvalue weighted by molar-refractivity contribution is 0.0390. The predicted molar refractivity (Wildman–Crippen MR) is 53.6 cm³/mol. The minimum absolute atomic E-state index is 0.0576. The maximum absolute atomic E-state index is 12.0. The van der Waals surface area contributed by atoms with Gasteiger partial charge in [-0.3, -0.25) is 0 Å². The van der Waals surface area contributed by atoms with E-state index in [1.165, 1.54) is 14.2 Å². The summed E-state index contributed by atoms with van der Waals surface area (Å²) < 4.78 is 33.8. The maximum Gasteiger partial charge on any atom is 0.226 e. The van der Waals surface area contributed by atoms with E-state index in [2.05, 4.69) is 0 Å². The van der Waals surface area contributed by atoms with Gasteiger partial charge in [0.2, 0.25) is 10.0 Å². The number of hydrogen-bond acceptors (Lipinski definition) is 5. The summed E-state index contributed by atoms with van der Waals surface area (Å²) in [5.41, 5.74) is 0. The van der Waals surface area contributed by atoms with Gasteiger partial charge in [-0.2, -0.15) is 4.31 Å². The Hall–Kier alpha value is -0.210. The normalized spacial score (nSPS) is 19.5. The van der Waals surface area contributed by atoms with Crippen molar-refractivity contribution in [1.29, 1.82) is 0 Å². The van der Waals surface area contributed by atoms with Gasteiger partial charge in [0, 0.05) is 14.2 Å². The Morgan fingerprint density at radius 1 is 1.27 bits per heavy atom. The number of hydrogen-bond donors (Lipinski definition) is 1. The first-order valence-corrected chi connectivity index (χ1v) is 6.06. The highest BCUT2D eigenvalue weighted by atomic mass is 32.2. The van der Waals surface area contributed by atoms with Crippen LogP contribution in [-0.2, 0) is 19.5 Å². The van der Waals surface area contributed by atoms with Gasteiger partial charge in [0.05, 0.1) is 6.61 Å². The Labute approximate surface area is 89.8 Å². The highest BCUT2D eigenvalue weighted by Gasteiger charge is 2.56. The van der Waals surface area contributed by atoms with E-state index in [1.54, 1.807) is 0 Å². The van der Waals surface area contributed by atoms with Gasteiger partial charge >= 0.3 is 0 Å². The number of aliphatic hydroxyl groups is 1. The van der Waals surface area contributed by atoms with Crippen LogP contribution in [0.25, 0.3) is 0 Å². The van der Waals surface area contributed by atoms with Crippen LogP contribution in [-0.4, -0.2) is 56.9 Å².